The van der Waals surface area contributed by atoms with Gasteiger partial charge in [-0.05, 0) is 0 Å². The van der Waals surface area contributed by atoms with E-state index < -0.39 is 0 Å². The van der Waals surface area contributed by atoms with Gasteiger partial charge < -0.3 is 0 Å². The minimum absolute atomic E-state index is 0. The second kappa shape index (κ2) is 8.82. The average molecular weight is 99.2 g/mol. The summed E-state index contributed by atoms with van der Waals surface area (Å²) >= 11 is 3.09. The van der Waals surface area contributed by atoms with Crippen molar-refractivity contribution in [3.05, 3.63) is 0 Å². The fourth-order valence-corrected chi connectivity index (χ4v) is 0. The van der Waals surface area contributed by atoms with E-state index in [0.717, 1.165) is 0 Å². The van der Waals surface area contributed by atoms with Crippen LogP contribution in [0.25, 0.3) is 0 Å². The molecular formula is CH2KNS. The summed E-state index contributed by atoms with van der Waals surface area (Å²) in [5.74, 6) is 0. The van der Waals surface area contributed by atoms with E-state index >= 15 is 0 Å². The maximum atomic E-state index is 7.18. The predicted octanol–water partition coefficient (Wildman–Crippen LogP) is -0.251. The number of rotatable bonds is 0. The zero-order valence-electron chi connectivity index (χ0n) is 1.39. The Morgan fingerprint density at radius 2 is 1.75 bits per heavy atom. The number of nitrogens with zero attached hydrogens (tertiary/aromatic N) is 1. The molecule has 0 aliphatic rings. The number of thiol groups is 1. The predicted molar refractivity (Wildman–Crippen MR) is 21.7 cm³/mol. The van der Waals surface area contributed by atoms with E-state index in [1.807, 2.05) is 0 Å². The van der Waals surface area contributed by atoms with Gasteiger partial charge in [0.2, 0.25) is 0 Å². The van der Waals surface area contributed by atoms with E-state index in [1.165, 1.54) is 5.40 Å². The molecule has 0 aromatic rings. The molecule has 4 heavy (non-hydrogen) atoms. The average Bonchev–Trinajstić information content (AvgIpc) is 0.918. The van der Waals surface area contributed by atoms with Crippen LogP contribution in [0, 0.1) is 10.7 Å². The maximum absolute atomic E-state index is 7.18. The summed E-state index contributed by atoms with van der Waals surface area (Å²) < 4.78 is 0. The molecule has 0 saturated carbocycles. The molecule has 1 nitrogen and oxygen atoms in total. The third-order valence-corrected chi connectivity index (χ3v) is 0. The van der Waals surface area contributed by atoms with Gasteiger partial charge in [-0.1, -0.05) is 12.6 Å². The van der Waals surface area contributed by atoms with Crippen LogP contribution in [-0.2, 0) is 0 Å². The van der Waals surface area contributed by atoms with Crippen LogP contribution in [0.15, 0.2) is 0 Å². The molecule has 0 aliphatic carbocycles. The Bertz CT molecular complexity index is 29.5. The summed E-state index contributed by atoms with van der Waals surface area (Å²) in [6, 6.07) is 0. The van der Waals surface area contributed by atoms with Gasteiger partial charge in [0.25, 0.3) is 0 Å². The summed E-state index contributed by atoms with van der Waals surface area (Å²) in [7, 11) is 0. The van der Waals surface area contributed by atoms with E-state index in [4.69, 9.17) is 5.26 Å². The first-order valence-electron chi connectivity index (χ1n) is 0.447. The number of nitriles is 1. The molecule has 0 unspecified atom stereocenters. The molecule has 18 valence electrons. The van der Waals surface area contributed by atoms with E-state index in [0.29, 0.717) is 0 Å². The Balaban J connectivity index is 0. The first kappa shape index (κ1) is 9.08. The van der Waals surface area contributed by atoms with Crippen molar-refractivity contribution in [3.63, 3.8) is 0 Å². The number of thiocyanates is 1. The Kier molecular flexibility index (Phi) is 20.0. The van der Waals surface area contributed by atoms with Gasteiger partial charge in [-0.3, -0.25) is 0 Å². The molecule has 0 radical (unpaired) electrons. The van der Waals surface area contributed by atoms with Crippen LogP contribution in [0.3, 0.4) is 0 Å². The van der Waals surface area contributed by atoms with Crippen molar-refractivity contribution in [1.29, 1.82) is 5.26 Å². The molecule has 0 aromatic carbocycles. The van der Waals surface area contributed by atoms with Crippen LogP contribution in [0.4, 0.5) is 0 Å². The Morgan fingerprint density at radius 3 is 1.75 bits per heavy atom. The van der Waals surface area contributed by atoms with Gasteiger partial charge in [0, 0.05) is 0 Å². The van der Waals surface area contributed by atoms with Gasteiger partial charge in [-0.25, -0.2) is 0 Å². The molecule has 0 amide bonds. The Labute approximate surface area is 73.2 Å². The Morgan fingerprint density at radius 1 is 1.75 bits per heavy atom. The van der Waals surface area contributed by atoms with E-state index in [-0.39, 0.29) is 51.4 Å². The fraction of sp³-hybridized carbons (Fsp3) is 0. The van der Waals surface area contributed by atoms with Crippen molar-refractivity contribution in [3.8, 4) is 5.40 Å². The van der Waals surface area contributed by atoms with Crippen molar-refractivity contribution in [2.75, 3.05) is 0 Å². The van der Waals surface area contributed by atoms with Crippen LogP contribution >= 0.6 is 12.6 Å². The van der Waals surface area contributed by atoms with Gasteiger partial charge in [0.05, 0.1) is 0 Å². The topological polar surface area (TPSA) is 23.8 Å². The first-order chi connectivity index (χ1) is 1.41. The van der Waals surface area contributed by atoms with Crippen molar-refractivity contribution in [2.24, 2.45) is 0 Å². The van der Waals surface area contributed by atoms with Gasteiger partial charge in [0.1, 0.15) is 5.40 Å². The molecule has 0 aliphatic heterocycles. The molecular weight excluding hydrogens is 97.2 g/mol. The standard InChI is InChI=1S/CHNS.K.H/c2-1-3;;/h3H;;. The quantitative estimate of drug-likeness (QED) is 0.253. The molecule has 0 heterocycles. The SMILES string of the molecule is N#CS.[KH]. The summed E-state index contributed by atoms with van der Waals surface area (Å²) in [6.45, 7) is 0. The van der Waals surface area contributed by atoms with E-state index in [1.54, 1.807) is 0 Å². The molecule has 0 aromatic heterocycles. The molecule has 0 N–H and O–H groups in total. The molecule has 0 spiro atoms. The second-order valence-corrected chi connectivity index (χ2v) is 0.300. The van der Waals surface area contributed by atoms with Crippen molar-refractivity contribution < 1.29 is 0 Å². The molecule has 0 rings (SSSR count). The van der Waals surface area contributed by atoms with Gasteiger partial charge in [0.15, 0.2) is 0 Å². The summed E-state index contributed by atoms with van der Waals surface area (Å²) in [5.41, 5.74) is 0. The van der Waals surface area contributed by atoms with Gasteiger partial charge >= 0.3 is 51.4 Å². The van der Waals surface area contributed by atoms with Crippen LogP contribution in [0.1, 0.15) is 0 Å². The van der Waals surface area contributed by atoms with Gasteiger partial charge in [-0.15, -0.1) is 0 Å². The normalized spacial score (nSPS) is 2.00. The summed E-state index contributed by atoms with van der Waals surface area (Å²) in [6.07, 6.45) is 0. The monoisotopic (exact) mass is 99.0 g/mol. The van der Waals surface area contributed by atoms with Crippen LogP contribution in [-0.4, -0.2) is 51.4 Å². The zero-order chi connectivity index (χ0) is 2.71. The van der Waals surface area contributed by atoms with Crippen molar-refractivity contribution >= 4 is 64.0 Å². The molecule has 3 heteroatoms. The fourth-order valence-electron chi connectivity index (χ4n) is 0. The molecule has 0 atom stereocenters. The second-order valence-electron chi connectivity index (χ2n) is 0.100. The van der Waals surface area contributed by atoms with Crippen LogP contribution < -0.4 is 0 Å². The van der Waals surface area contributed by atoms with Crippen molar-refractivity contribution in [1.82, 2.24) is 0 Å². The van der Waals surface area contributed by atoms with E-state index in [9.17, 15) is 0 Å². The summed E-state index contributed by atoms with van der Waals surface area (Å²) in [4.78, 5) is 0. The molecule has 0 saturated heterocycles. The minimum atomic E-state index is 0. The Hall–Kier alpha value is 1.48. The number of hydrogen-bond donors (Lipinski definition) is 1. The summed E-state index contributed by atoms with van der Waals surface area (Å²) in [5, 5.41) is 8.63. The molecule has 0 bridgehead atoms. The van der Waals surface area contributed by atoms with E-state index in [2.05, 4.69) is 12.6 Å². The third kappa shape index (κ3) is 9.78. The zero-order valence-corrected chi connectivity index (χ0v) is 2.29. The molecule has 0 fully saturated rings. The van der Waals surface area contributed by atoms with Gasteiger partial charge in [-0.2, -0.15) is 5.26 Å². The van der Waals surface area contributed by atoms with Crippen molar-refractivity contribution in [2.45, 2.75) is 0 Å². The van der Waals surface area contributed by atoms with Crippen LogP contribution in [0.2, 0.25) is 0 Å². The number of hydrogen-bond acceptors (Lipinski definition) is 2. The van der Waals surface area contributed by atoms with Crippen LogP contribution in [0.5, 0.6) is 0 Å². The third-order valence-electron chi connectivity index (χ3n) is 0. The first-order valence-corrected chi connectivity index (χ1v) is 0.894.